The Labute approximate surface area is 104 Å². The third kappa shape index (κ3) is 3.51. The molecule has 1 fully saturated rings. The van der Waals surface area contributed by atoms with Gasteiger partial charge in [-0.3, -0.25) is 9.88 Å². The summed E-state index contributed by atoms with van der Waals surface area (Å²) < 4.78 is 0. The molecule has 0 unspecified atom stereocenters. The highest BCUT2D eigenvalue weighted by Gasteiger charge is 2.14. The van der Waals surface area contributed by atoms with Crippen molar-refractivity contribution < 1.29 is 0 Å². The molecule has 0 radical (unpaired) electrons. The van der Waals surface area contributed by atoms with Crippen LogP contribution in [0.2, 0.25) is 0 Å². The maximum Gasteiger partial charge on any atom is 0.0547 e. The van der Waals surface area contributed by atoms with Crippen LogP contribution in [0.3, 0.4) is 0 Å². The summed E-state index contributed by atoms with van der Waals surface area (Å²) in [6.45, 7) is 10.0. The Kier molecular flexibility index (Phi) is 4.13. The average Bonchev–Trinajstić information content (AvgIpc) is 2.32. The first kappa shape index (κ1) is 12.5. The number of rotatable bonds is 3. The van der Waals surface area contributed by atoms with E-state index < -0.39 is 0 Å². The first-order chi connectivity index (χ1) is 8.15. The molecule has 3 heteroatoms. The second-order valence-corrected chi connectivity index (χ2v) is 5.29. The van der Waals surface area contributed by atoms with Crippen LogP contribution < -0.4 is 0 Å². The molecule has 0 aliphatic carbocycles. The Morgan fingerprint density at radius 2 is 1.88 bits per heavy atom. The molecular formula is C14H23N3. The van der Waals surface area contributed by atoms with Crippen LogP contribution in [-0.2, 0) is 6.54 Å². The Morgan fingerprint density at radius 3 is 2.53 bits per heavy atom. The monoisotopic (exact) mass is 233 g/mol. The first-order valence-corrected chi connectivity index (χ1v) is 6.52. The smallest absolute Gasteiger partial charge is 0.0547 e. The molecule has 1 saturated heterocycles. The van der Waals surface area contributed by atoms with Gasteiger partial charge in [-0.2, -0.15) is 0 Å². The van der Waals surface area contributed by atoms with Gasteiger partial charge in [-0.15, -0.1) is 0 Å². The first-order valence-electron chi connectivity index (χ1n) is 6.52. The summed E-state index contributed by atoms with van der Waals surface area (Å²) in [6.07, 6.45) is 0. The summed E-state index contributed by atoms with van der Waals surface area (Å²) in [7, 11) is 2.19. The molecular weight excluding hydrogens is 210 g/mol. The van der Waals surface area contributed by atoms with Gasteiger partial charge in [0, 0.05) is 38.4 Å². The van der Waals surface area contributed by atoms with Gasteiger partial charge in [0.2, 0.25) is 0 Å². The molecule has 0 bridgehead atoms. The van der Waals surface area contributed by atoms with E-state index in [1.807, 2.05) is 0 Å². The summed E-state index contributed by atoms with van der Waals surface area (Å²) in [6, 6.07) is 6.40. The minimum absolute atomic E-state index is 0.516. The van der Waals surface area contributed by atoms with Gasteiger partial charge in [0.25, 0.3) is 0 Å². The zero-order chi connectivity index (χ0) is 12.3. The zero-order valence-electron chi connectivity index (χ0n) is 11.2. The second-order valence-electron chi connectivity index (χ2n) is 5.29. The second kappa shape index (κ2) is 5.61. The molecule has 0 atom stereocenters. The van der Waals surface area contributed by atoms with E-state index in [-0.39, 0.29) is 0 Å². The van der Waals surface area contributed by atoms with Crippen molar-refractivity contribution in [3.8, 4) is 0 Å². The highest BCUT2D eigenvalue weighted by Crippen LogP contribution is 2.13. The van der Waals surface area contributed by atoms with E-state index in [0.29, 0.717) is 5.92 Å². The van der Waals surface area contributed by atoms with Crippen molar-refractivity contribution in [1.82, 2.24) is 14.8 Å². The van der Waals surface area contributed by atoms with Crippen LogP contribution in [0.15, 0.2) is 18.2 Å². The Morgan fingerprint density at radius 1 is 1.18 bits per heavy atom. The number of hydrogen-bond donors (Lipinski definition) is 0. The number of piperazine rings is 1. The SMILES string of the molecule is CC(C)c1cccc(CN2CCN(C)CC2)n1. The van der Waals surface area contributed by atoms with Crippen LogP contribution >= 0.6 is 0 Å². The number of likely N-dealkylation sites (N-methyl/N-ethyl adjacent to an activating group) is 1. The Bertz CT molecular complexity index is 354. The Hall–Kier alpha value is -0.930. The topological polar surface area (TPSA) is 19.4 Å². The van der Waals surface area contributed by atoms with E-state index in [9.17, 15) is 0 Å². The lowest BCUT2D eigenvalue weighted by Crippen LogP contribution is -2.44. The van der Waals surface area contributed by atoms with E-state index in [1.165, 1.54) is 24.5 Å². The van der Waals surface area contributed by atoms with E-state index in [2.05, 4.69) is 48.9 Å². The molecule has 0 N–H and O–H groups in total. The fourth-order valence-electron chi connectivity index (χ4n) is 2.14. The molecule has 2 heterocycles. The van der Waals surface area contributed by atoms with E-state index in [4.69, 9.17) is 4.98 Å². The third-order valence-electron chi connectivity index (χ3n) is 3.40. The van der Waals surface area contributed by atoms with E-state index in [0.717, 1.165) is 19.6 Å². The van der Waals surface area contributed by atoms with Crippen molar-refractivity contribution in [2.45, 2.75) is 26.3 Å². The number of nitrogens with zero attached hydrogens (tertiary/aromatic N) is 3. The minimum atomic E-state index is 0.516. The molecule has 1 aliphatic rings. The fraction of sp³-hybridized carbons (Fsp3) is 0.643. The van der Waals surface area contributed by atoms with Crippen molar-refractivity contribution in [2.24, 2.45) is 0 Å². The van der Waals surface area contributed by atoms with Crippen LogP contribution in [0, 0.1) is 0 Å². The van der Waals surface area contributed by atoms with Crippen molar-refractivity contribution >= 4 is 0 Å². The van der Waals surface area contributed by atoms with Gasteiger partial charge in [-0.25, -0.2) is 0 Å². The fourth-order valence-corrected chi connectivity index (χ4v) is 2.14. The lowest BCUT2D eigenvalue weighted by atomic mass is 10.1. The van der Waals surface area contributed by atoms with Crippen molar-refractivity contribution in [3.05, 3.63) is 29.6 Å². The quantitative estimate of drug-likeness (QED) is 0.795. The minimum Gasteiger partial charge on any atom is -0.304 e. The number of hydrogen-bond acceptors (Lipinski definition) is 3. The molecule has 17 heavy (non-hydrogen) atoms. The Balaban J connectivity index is 1.96. The molecule has 3 nitrogen and oxygen atoms in total. The molecule has 1 aromatic rings. The standard InChI is InChI=1S/C14H23N3/c1-12(2)14-6-4-5-13(15-14)11-17-9-7-16(3)8-10-17/h4-6,12H,7-11H2,1-3H3. The normalized spacial score (nSPS) is 18.8. The summed E-state index contributed by atoms with van der Waals surface area (Å²) in [5.74, 6) is 0.516. The van der Waals surface area contributed by atoms with Crippen molar-refractivity contribution in [2.75, 3.05) is 33.2 Å². The van der Waals surface area contributed by atoms with Gasteiger partial charge < -0.3 is 4.90 Å². The highest BCUT2D eigenvalue weighted by molar-refractivity contribution is 5.13. The van der Waals surface area contributed by atoms with Crippen molar-refractivity contribution in [1.29, 1.82) is 0 Å². The average molecular weight is 233 g/mol. The molecule has 94 valence electrons. The summed E-state index contributed by atoms with van der Waals surface area (Å²) >= 11 is 0. The van der Waals surface area contributed by atoms with Crippen LogP contribution in [0.4, 0.5) is 0 Å². The highest BCUT2D eigenvalue weighted by atomic mass is 15.2. The molecule has 1 aromatic heterocycles. The van der Waals surface area contributed by atoms with Gasteiger partial charge in [0.1, 0.15) is 0 Å². The van der Waals surface area contributed by atoms with E-state index in [1.54, 1.807) is 0 Å². The lowest BCUT2D eigenvalue weighted by Gasteiger charge is -2.32. The maximum absolute atomic E-state index is 4.73. The predicted molar refractivity (Wildman–Crippen MR) is 71.1 cm³/mol. The summed E-state index contributed by atoms with van der Waals surface area (Å²) in [5, 5.41) is 0. The largest absolute Gasteiger partial charge is 0.304 e. The van der Waals surface area contributed by atoms with Gasteiger partial charge >= 0.3 is 0 Å². The molecule has 0 saturated carbocycles. The molecule has 1 aliphatic heterocycles. The van der Waals surface area contributed by atoms with Gasteiger partial charge in [-0.05, 0) is 25.1 Å². The van der Waals surface area contributed by atoms with Crippen LogP contribution in [0.1, 0.15) is 31.2 Å². The van der Waals surface area contributed by atoms with Crippen molar-refractivity contribution in [3.63, 3.8) is 0 Å². The number of aromatic nitrogens is 1. The lowest BCUT2D eigenvalue weighted by molar-refractivity contribution is 0.147. The number of pyridine rings is 1. The van der Waals surface area contributed by atoms with Gasteiger partial charge in [-0.1, -0.05) is 19.9 Å². The van der Waals surface area contributed by atoms with Crippen LogP contribution in [-0.4, -0.2) is 48.0 Å². The molecule has 0 spiro atoms. The van der Waals surface area contributed by atoms with Crippen LogP contribution in [0.5, 0.6) is 0 Å². The maximum atomic E-state index is 4.73. The predicted octanol–water partition coefficient (Wildman–Crippen LogP) is 1.95. The van der Waals surface area contributed by atoms with E-state index >= 15 is 0 Å². The zero-order valence-corrected chi connectivity index (χ0v) is 11.2. The van der Waals surface area contributed by atoms with Crippen LogP contribution in [0.25, 0.3) is 0 Å². The molecule has 0 amide bonds. The molecule has 0 aromatic carbocycles. The van der Waals surface area contributed by atoms with Gasteiger partial charge in [0.15, 0.2) is 0 Å². The molecule has 2 rings (SSSR count). The summed E-state index contributed by atoms with van der Waals surface area (Å²) in [4.78, 5) is 9.61. The summed E-state index contributed by atoms with van der Waals surface area (Å²) in [5.41, 5.74) is 2.41. The van der Waals surface area contributed by atoms with Gasteiger partial charge in [0.05, 0.1) is 5.69 Å². The third-order valence-corrected chi connectivity index (χ3v) is 3.40.